The van der Waals surface area contributed by atoms with Crippen molar-refractivity contribution in [3.05, 3.63) is 0 Å². The predicted octanol–water partition coefficient (Wildman–Crippen LogP) is 0.379. The Labute approximate surface area is 84.8 Å². The summed E-state index contributed by atoms with van der Waals surface area (Å²) in [5.74, 6) is -0.771. The molecule has 0 unspecified atom stereocenters. The van der Waals surface area contributed by atoms with Crippen molar-refractivity contribution in [2.45, 2.75) is 20.3 Å². The molecule has 0 fully saturated rings. The molecule has 0 saturated heterocycles. The number of sulfonamides is 1. The molecule has 0 aliphatic heterocycles. The Morgan fingerprint density at radius 3 is 2.21 bits per heavy atom. The molecule has 6 heteroatoms. The third-order valence-corrected chi connectivity index (χ3v) is 2.99. The van der Waals surface area contributed by atoms with Crippen molar-refractivity contribution < 1.29 is 18.3 Å². The lowest BCUT2D eigenvalue weighted by Crippen LogP contribution is -2.36. The molecule has 0 aromatic rings. The summed E-state index contributed by atoms with van der Waals surface area (Å²) >= 11 is 0. The molecule has 5 nitrogen and oxygen atoms in total. The molecule has 0 heterocycles. The average molecular weight is 223 g/mol. The van der Waals surface area contributed by atoms with E-state index >= 15 is 0 Å². The Hall–Kier alpha value is -0.620. The van der Waals surface area contributed by atoms with Crippen LogP contribution in [0.1, 0.15) is 20.3 Å². The maximum atomic E-state index is 11.1. The van der Waals surface area contributed by atoms with Crippen LogP contribution >= 0.6 is 0 Å². The number of carboxylic acids is 1. The highest BCUT2D eigenvalue weighted by Gasteiger charge is 2.19. The van der Waals surface area contributed by atoms with Crippen LogP contribution in [0, 0.1) is 5.92 Å². The van der Waals surface area contributed by atoms with E-state index in [-0.39, 0.29) is 6.54 Å². The molecule has 0 aromatic heterocycles. The first kappa shape index (κ1) is 13.4. The van der Waals surface area contributed by atoms with Gasteiger partial charge in [-0.3, -0.25) is 4.79 Å². The Morgan fingerprint density at radius 2 is 1.93 bits per heavy atom. The molecule has 1 N–H and O–H groups in total. The molecule has 0 spiro atoms. The highest BCUT2D eigenvalue weighted by Crippen LogP contribution is 2.05. The van der Waals surface area contributed by atoms with Gasteiger partial charge in [0.25, 0.3) is 0 Å². The molecular weight excluding hydrogens is 206 g/mol. The predicted molar refractivity (Wildman–Crippen MR) is 53.5 cm³/mol. The van der Waals surface area contributed by atoms with Crippen molar-refractivity contribution in [1.82, 2.24) is 4.31 Å². The highest BCUT2D eigenvalue weighted by atomic mass is 32.2. The van der Waals surface area contributed by atoms with Crippen molar-refractivity contribution in [3.8, 4) is 0 Å². The lowest BCUT2D eigenvalue weighted by molar-refractivity contribution is -0.137. The zero-order chi connectivity index (χ0) is 11.4. The minimum absolute atomic E-state index is 0.267. The Kier molecular flexibility index (Phi) is 5.07. The van der Waals surface area contributed by atoms with Crippen molar-refractivity contribution in [2.75, 3.05) is 19.3 Å². The van der Waals surface area contributed by atoms with Crippen LogP contribution in [-0.2, 0) is 14.8 Å². The number of carbonyl (C=O) groups is 1. The fourth-order valence-electron chi connectivity index (χ4n) is 0.915. The van der Waals surface area contributed by atoms with Gasteiger partial charge >= 0.3 is 5.97 Å². The number of hydrogen-bond acceptors (Lipinski definition) is 3. The average Bonchev–Trinajstić information content (AvgIpc) is 1.94. The van der Waals surface area contributed by atoms with Gasteiger partial charge in [0.2, 0.25) is 10.0 Å². The topological polar surface area (TPSA) is 74.7 Å². The van der Waals surface area contributed by atoms with E-state index < -0.39 is 22.5 Å². The molecule has 0 rings (SSSR count). The van der Waals surface area contributed by atoms with Gasteiger partial charge in [-0.15, -0.1) is 0 Å². The third kappa shape index (κ3) is 5.93. The molecule has 0 amide bonds. The summed E-state index contributed by atoms with van der Waals surface area (Å²) in [5.41, 5.74) is 0. The van der Waals surface area contributed by atoms with Crippen LogP contribution in [0.5, 0.6) is 0 Å². The molecule has 0 atom stereocenters. The fourth-order valence-corrected chi connectivity index (χ4v) is 1.70. The van der Waals surface area contributed by atoms with Crippen molar-refractivity contribution in [2.24, 2.45) is 5.92 Å². The minimum atomic E-state index is -3.40. The monoisotopic (exact) mass is 223 g/mol. The quantitative estimate of drug-likeness (QED) is 0.706. The second kappa shape index (κ2) is 5.31. The first-order valence-electron chi connectivity index (χ1n) is 4.40. The molecule has 0 bridgehead atoms. The summed E-state index contributed by atoms with van der Waals surface area (Å²) in [4.78, 5) is 10.4. The summed E-state index contributed by atoms with van der Waals surface area (Å²) in [6.45, 7) is 3.73. The van der Waals surface area contributed by atoms with Gasteiger partial charge in [0.15, 0.2) is 0 Å². The van der Waals surface area contributed by atoms with Crippen LogP contribution in [-0.4, -0.2) is 43.1 Å². The lowest BCUT2D eigenvalue weighted by Gasteiger charge is -2.18. The van der Waals surface area contributed by atoms with Gasteiger partial charge in [0.05, 0.1) is 6.26 Å². The Balaban J connectivity index is 4.35. The molecular formula is C8H17NO4S. The standard InChI is InChI=1S/C8H17NO4S/c1-7(2)4-5-9(6-8(10)11)14(3,12)13/h7H,4-6H2,1-3H3,(H,10,11). The van der Waals surface area contributed by atoms with Gasteiger partial charge in [0.1, 0.15) is 6.54 Å². The van der Waals surface area contributed by atoms with E-state index in [4.69, 9.17) is 5.11 Å². The largest absolute Gasteiger partial charge is 0.480 e. The SMILES string of the molecule is CC(C)CCN(CC(=O)O)S(C)(=O)=O. The van der Waals surface area contributed by atoms with Crippen LogP contribution < -0.4 is 0 Å². The van der Waals surface area contributed by atoms with E-state index in [1.165, 1.54) is 0 Å². The maximum absolute atomic E-state index is 11.1. The van der Waals surface area contributed by atoms with Gasteiger partial charge < -0.3 is 5.11 Å². The van der Waals surface area contributed by atoms with Crippen molar-refractivity contribution in [1.29, 1.82) is 0 Å². The zero-order valence-corrected chi connectivity index (χ0v) is 9.54. The number of carboxylic acid groups (broad SMARTS) is 1. The number of aliphatic carboxylic acids is 1. The van der Waals surface area contributed by atoms with Gasteiger partial charge in [-0.2, -0.15) is 4.31 Å². The van der Waals surface area contributed by atoms with Gasteiger partial charge in [-0.25, -0.2) is 8.42 Å². The molecule has 14 heavy (non-hydrogen) atoms. The number of nitrogens with zero attached hydrogens (tertiary/aromatic N) is 1. The van der Waals surface area contributed by atoms with E-state index in [1.807, 2.05) is 13.8 Å². The van der Waals surface area contributed by atoms with E-state index in [0.29, 0.717) is 12.3 Å². The highest BCUT2D eigenvalue weighted by molar-refractivity contribution is 7.88. The van der Waals surface area contributed by atoms with Gasteiger partial charge in [-0.1, -0.05) is 13.8 Å². The molecule has 0 radical (unpaired) electrons. The van der Waals surface area contributed by atoms with Crippen LogP contribution in [0.15, 0.2) is 0 Å². The lowest BCUT2D eigenvalue weighted by atomic mass is 10.1. The van der Waals surface area contributed by atoms with Gasteiger partial charge in [0, 0.05) is 6.54 Å². The second-order valence-corrected chi connectivity index (χ2v) is 5.66. The first-order valence-corrected chi connectivity index (χ1v) is 6.25. The number of rotatable bonds is 6. The summed E-state index contributed by atoms with van der Waals surface area (Å²) in [5, 5.41) is 8.51. The maximum Gasteiger partial charge on any atom is 0.318 e. The van der Waals surface area contributed by atoms with E-state index in [9.17, 15) is 13.2 Å². The smallest absolute Gasteiger partial charge is 0.318 e. The molecule has 0 saturated carbocycles. The minimum Gasteiger partial charge on any atom is -0.480 e. The number of hydrogen-bond donors (Lipinski definition) is 1. The third-order valence-electron chi connectivity index (χ3n) is 1.74. The zero-order valence-electron chi connectivity index (χ0n) is 8.73. The summed E-state index contributed by atoms with van der Waals surface area (Å²) in [7, 11) is -3.40. The normalized spacial score (nSPS) is 12.4. The van der Waals surface area contributed by atoms with Crippen LogP contribution in [0.4, 0.5) is 0 Å². The van der Waals surface area contributed by atoms with Crippen molar-refractivity contribution >= 4 is 16.0 Å². The molecule has 84 valence electrons. The summed E-state index contributed by atoms with van der Waals surface area (Å²) < 4.78 is 23.3. The molecule has 0 aliphatic rings. The van der Waals surface area contributed by atoms with E-state index in [2.05, 4.69) is 0 Å². The Morgan fingerprint density at radius 1 is 1.43 bits per heavy atom. The van der Waals surface area contributed by atoms with Crippen LogP contribution in [0.25, 0.3) is 0 Å². The summed E-state index contributed by atoms with van der Waals surface area (Å²) in [6.07, 6.45) is 1.69. The van der Waals surface area contributed by atoms with Crippen LogP contribution in [0.3, 0.4) is 0 Å². The summed E-state index contributed by atoms with van der Waals surface area (Å²) in [6, 6.07) is 0. The van der Waals surface area contributed by atoms with Gasteiger partial charge in [-0.05, 0) is 12.3 Å². The molecule has 0 aromatic carbocycles. The van der Waals surface area contributed by atoms with E-state index in [0.717, 1.165) is 10.6 Å². The Bertz CT molecular complexity index is 284. The van der Waals surface area contributed by atoms with E-state index in [1.54, 1.807) is 0 Å². The fraction of sp³-hybridized carbons (Fsp3) is 0.875. The second-order valence-electron chi connectivity index (χ2n) is 3.67. The first-order chi connectivity index (χ1) is 6.23. The van der Waals surface area contributed by atoms with Crippen LogP contribution in [0.2, 0.25) is 0 Å². The van der Waals surface area contributed by atoms with Crippen molar-refractivity contribution in [3.63, 3.8) is 0 Å². The molecule has 0 aliphatic carbocycles.